The van der Waals surface area contributed by atoms with E-state index in [0.717, 1.165) is 12.8 Å². The predicted octanol–water partition coefficient (Wildman–Crippen LogP) is 0.550. The van der Waals surface area contributed by atoms with Crippen LogP contribution in [0.4, 0.5) is 4.79 Å². The summed E-state index contributed by atoms with van der Waals surface area (Å²) in [6, 6.07) is -0.262. The Morgan fingerprint density at radius 1 is 1.25 bits per heavy atom. The van der Waals surface area contributed by atoms with Gasteiger partial charge in [0.1, 0.15) is 0 Å². The van der Waals surface area contributed by atoms with E-state index in [9.17, 15) is 14.4 Å². The minimum absolute atomic E-state index is 0.00202. The summed E-state index contributed by atoms with van der Waals surface area (Å²) in [7, 11) is 0. The molecule has 1 aliphatic rings. The summed E-state index contributed by atoms with van der Waals surface area (Å²) >= 11 is 0. The number of imide groups is 1. The van der Waals surface area contributed by atoms with E-state index in [1.54, 1.807) is 0 Å². The van der Waals surface area contributed by atoms with E-state index in [4.69, 9.17) is 5.11 Å². The number of nitrogens with zero attached hydrogens (tertiary/aromatic N) is 1. The zero-order valence-corrected chi connectivity index (χ0v) is 12.2. The SMILES string of the molecule is CC(C)(C)NC(=O)NC(=O)CN(CCC(=O)O)C1CC1. The number of carbonyl (C=O) groups excluding carboxylic acids is 2. The third-order valence-corrected chi connectivity index (χ3v) is 2.76. The minimum atomic E-state index is -0.887. The summed E-state index contributed by atoms with van der Waals surface area (Å²) in [4.78, 5) is 35.7. The summed E-state index contributed by atoms with van der Waals surface area (Å²) in [5.41, 5.74) is -0.413. The molecule has 0 radical (unpaired) electrons. The number of urea groups is 1. The van der Waals surface area contributed by atoms with Crippen LogP contribution in [0.1, 0.15) is 40.0 Å². The fourth-order valence-electron chi connectivity index (χ4n) is 1.79. The zero-order chi connectivity index (χ0) is 15.3. The fourth-order valence-corrected chi connectivity index (χ4v) is 1.79. The van der Waals surface area contributed by atoms with Crippen LogP contribution in [0.2, 0.25) is 0 Å². The second-order valence-electron chi connectivity index (χ2n) is 6.10. The highest BCUT2D eigenvalue weighted by atomic mass is 16.4. The molecule has 0 aliphatic heterocycles. The lowest BCUT2D eigenvalue weighted by Crippen LogP contribution is -2.50. The van der Waals surface area contributed by atoms with Crippen molar-refractivity contribution in [2.24, 2.45) is 0 Å². The first kappa shape index (κ1) is 16.4. The molecular formula is C13H23N3O4. The highest BCUT2D eigenvalue weighted by Crippen LogP contribution is 2.26. The molecular weight excluding hydrogens is 262 g/mol. The second kappa shape index (κ2) is 6.69. The number of hydrogen-bond donors (Lipinski definition) is 3. The number of hydrogen-bond acceptors (Lipinski definition) is 4. The van der Waals surface area contributed by atoms with E-state index in [0.29, 0.717) is 6.54 Å². The monoisotopic (exact) mass is 285 g/mol. The van der Waals surface area contributed by atoms with Crippen molar-refractivity contribution in [3.8, 4) is 0 Å². The lowest BCUT2D eigenvalue weighted by atomic mass is 10.1. The van der Waals surface area contributed by atoms with E-state index in [1.165, 1.54) is 0 Å². The van der Waals surface area contributed by atoms with Gasteiger partial charge in [-0.05, 0) is 33.6 Å². The Balaban J connectivity index is 2.38. The largest absolute Gasteiger partial charge is 0.481 e. The molecule has 20 heavy (non-hydrogen) atoms. The lowest BCUT2D eigenvalue weighted by molar-refractivity contribution is -0.137. The predicted molar refractivity (Wildman–Crippen MR) is 73.3 cm³/mol. The topological polar surface area (TPSA) is 98.7 Å². The van der Waals surface area contributed by atoms with Gasteiger partial charge >= 0.3 is 12.0 Å². The Kier molecular flexibility index (Phi) is 5.50. The van der Waals surface area contributed by atoms with Gasteiger partial charge in [0.05, 0.1) is 13.0 Å². The minimum Gasteiger partial charge on any atom is -0.481 e. The van der Waals surface area contributed by atoms with E-state index >= 15 is 0 Å². The van der Waals surface area contributed by atoms with Gasteiger partial charge < -0.3 is 10.4 Å². The van der Waals surface area contributed by atoms with Gasteiger partial charge in [0.2, 0.25) is 5.91 Å². The molecule has 1 aliphatic carbocycles. The second-order valence-corrected chi connectivity index (χ2v) is 6.10. The number of carboxylic acid groups (broad SMARTS) is 1. The molecule has 7 nitrogen and oxygen atoms in total. The molecule has 0 saturated heterocycles. The molecule has 0 spiro atoms. The molecule has 1 rings (SSSR count). The average molecular weight is 285 g/mol. The number of rotatable bonds is 6. The third kappa shape index (κ3) is 7.08. The van der Waals surface area contributed by atoms with Crippen LogP contribution >= 0.6 is 0 Å². The molecule has 0 aromatic heterocycles. The van der Waals surface area contributed by atoms with Crippen LogP contribution in [-0.2, 0) is 9.59 Å². The lowest BCUT2D eigenvalue weighted by Gasteiger charge is -2.22. The van der Waals surface area contributed by atoms with Crippen molar-refractivity contribution in [1.29, 1.82) is 0 Å². The molecule has 3 N–H and O–H groups in total. The van der Waals surface area contributed by atoms with Gasteiger partial charge in [0, 0.05) is 18.1 Å². The smallest absolute Gasteiger partial charge is 0.321 e. The van der Waals surface area contributed by atoms with E-state index in [2.05, 4.69) is 10.6 Å². The molecule has 0 unspecified atom stereocenters. The van der Waals surface area contributed by atoms with Gasteiger partial charge in [-0.2, -0.15) is 0 Å². The van der Waals surface area contributed by atoms with Crippen LogP contribution in [-0.4, -0.2) is 52.6 Å². The van der Waals surface area contributed by atoms with Crippen molar-refractivity contribution in [3.63, 3.8) is 0 Å². The van der Waals surface area contributed by atoms with Crippen molar-refractivity contribution in [3.05, 3.63) is 0 Å². The van der Waals surface area contributed by atoms with Gasteiger partial charge in [-0.15, -0.1) is 0 Å². The third-order valence-electron chi connectivity index (χ3n) is 2.76. The maximum atomic E-state index is 11.8. The molecule has 1 saturated carbocycles. The van der Waals surface area contributed by atoms with Crippen LogP contribution < -0.4 is 10.6 Å². The van der Waals surface area contributed by atoms with Gasteiger partial charge in [-0.1, -0.05) is 0 Å². The Labute approximate surface area is 118 Å². The molecule has 1 fully saturated rings. The maximum Gasteiger partial charge on any atom is 0.321 e. The summed E-state index contributed by atoms with van der Waals surface area (Å²) in [6.45, 7) is 5.84. The Morgan fingerprint density at radius 3 is 2.30 bits per heavy atom. The first-order valence-electron chi connectivity index (χ1n) is 6.75. The van der Waals surface area contributed by atoms with Gasteiger partial charge in [-0.25, -0.2) is 4.79 Å². The summed E-state index contributed by atoms with van der Waals surface area (Å²) < 4.78 is 0. The summed E-state index contributed by atoms with van der Waals surface area (Å²) in [5, 5.41) is 13.6. The molecule has 3 amide bonds. The molecule has 114 valence electrons. The van der Waals surface area contributed by atoms with Crippen molar-refractivity contribution >= 4 is 17.9 Å². The maximum absolute atomic E-state index is 11.8. The van der Waals surface area contributed by atoms with Crippen LogP contribution in [0, 0.1) is 0 Å². The Bertz CT molecular complexity index is 386. The average Bonchev–Trinajstić information content (AvgIpc) is 3.04. The number of nitrogens with one attached hydrogen (secondary N) is 2. The number of amides is 3. The standard InChI is InChI=1S/C13H23N3O4/c1-13(2,3)15-12(20)14-10(17)8-16(9-4-5-9)7-6-11(18)19/h9H,4-8H2,1-3H3,(H,18,19)(H2,14,15,17,20). The zero-order valence-electron chi connectivity index (χ0n) is 12.2. The number of carboxylic acids is 1. The molecule has 0 aromatic rings. The molecule has 7 heteroatoms. The van der Waals surface area contributed by atoms with Crippen molar-refractivity contribution in [1.82, 2.24) is 15.5 Å². The van der Waals surface area contributed by atoms with Crippen LogP contribution in [0.5, 0.6) is 0 Å². The van der Waals surface area contributed by atoms with Crippen LogP contribution in [0.15, 0.2) is 0 Å². The normalized spacial score (nSPS) is 15.0. The van der Waals surface area contributed by atoms with Crippen LogP contribution in [0.3, 0.4) is 0 Å². The van der Waals surface area contributed by atoms with Gasteiger partial charge in [0.15, 0.2) is 0 Å². The molecule has 0 aromatic carbocycles. The fraction of sp³-hybridized carbons (Fsp3) is 0.769. The Morgan fingerprint density at radius 2 is 1.85 bits per heavy atom. The van der Waals surface area contributed by atoms with E-state index in [1.807, 2.05) is 25.7 Å². The van der Waals surface area contributed by atoms with Crippen molar-refractivity contribution < 1.29 is 19.5 Å². The molecule has 0 bridgehead atoms. The first-order chi connectivity index (χ1) is 9.17. The summed E-state index contributed by atoms with van der Waals surface area (Å²) in [5.74, 6) is -1.30. The van der Waals surface area contributed by atoms with Crippen LogP contribution in [0.25, 0.3) is 0 Å². The quantitative estimate of drug-likeness (QED) is 0.662. The van der Waals surface area contributed by atoms with E-state index < -0.39 is 23.4 Å². The highest BCUT2D eigenvalue weighted by molar-refractivity contribution is 5.95. The summed E-state index contributed by atoms with van der Waals surface area (Å²) in [6.07, 6.45) is 1.94. The number of aliphatic carboxylic acids is 1. The van der Waals surface area contributed by atoms with Crippen molar-refractivity contribution in [2.45, 2.75) is 51.6 Å². The van der Waals surface area contributed by atoms with E-state index in [-0.39, 0.29) is 19.0 Å². The first-order valence-corrected chi connectivity index (χ1v) is 6.75. The van der Waals surface area contributed by atoms with Gasteiger partial charge in [-0.3, -0.25) is 19.8 Å². The van der Waals surface area contributed by atoms with Crippen molar-refractivity contribution in [2.75, 3.05) is 13.1 Å². The molecule has 0 heterocycles. The number of carbonyl (C=O) groups is 3. The highest BCUT2D eigenvalue weighted by Gasteiger charge is 2.30. The molecule has 0 atom stereocenters. The Hall–Kier alpha value is -1.63. The van der Waals surface area contributed by atoms with Gasteiger partial charge in [0.25, 0.3) is 0 Å².